The minimum absolute atomic E-state index is 0.0185. The first kappa shape index (κ1) is 13.5. The van der Waals surface area contributed by atoms with Crippen LogP contribution in [0.5, 0.6) is 0 Å². The molecule has 5 nitrogen and oxygen atoms in total. The maximum atomic E-state index is 11.7. The molecule has 100 valence electrons. The average molecular weight is 277 g/mol. The number of aryl methyl sites for hydroxylation is 1. The van der Waals surface area contributed by atoms with Gasteiger partial charge in [0.2, 0.25) is 5.91 Å². The van der Waals surface area contributed by atoms with Crippen molar-refractivity contribution >= 4 is 17.2 Å². The Morgan fingerprint density at radius 1 is 1.47 bits per heavy atom. The van der Waals surface area contributed by atoms with E-state index in [1.54, 1.807) is 16.1 Å². The van der Waals surface area contributed by atoms with Crippen LogP contribution in [0.25, 0.3) is 0 Å². The number of aromatic nitrogens is 2. The molecule has 0 bridgehead atoms. The summed E-state index contributed by atoms with van der Waals surface area (Å²) in [5, 5.41) is 4.59. The molecule has 1 amide bonds. The molecule has 0 radical (unpaired) electrons. The van der Waals surface area contributed by atoms with E-state index < -0.39 is 0 Å². The van der Waals surface area contributed by atoms with Gasteiger partial charge in [0.05, 0.1) is 12.2 Å². The van der Waals surface area contributed by atoms with Crippen molar-refractivity contribution < 1.29 is 4.79 Å². The number of rotatable bonds is 5. The van der Waals surface area contributed by atoms with Crippen molar-refractivity contribution in [2.24, 2.45) is 0 Å². The van der Waals surface area contributed by atoms with Gasteiger partial charge >= 0.3 is 4.87 Å². The molecule has 2 aromatic heterocycles. The molecule has 19 heavy (non-hydrogen) atoms. The van der Waals surface area contributed by atoms with Crippen LogP contribution in [-0.2, 0) is 17.9 Å². The zero-order valence-electron chi connectivity index (χ0n) is 10.6. The molecular formula is C13H15N3O2S. The number of thiazole rings is 1. The molecule has 0 aliphatic heterocycles. The maximum Gasteiger partial charge on any atom is 0.307 e. The SMILES string of the molecule is Cc1csc(=O)n1CCC(=O)NCc1ccccn1. The smallest absolute Gasteiger partial charge is 0.307 e. The highest BCUT2D eigenvalue weighted by atomic mass is 32.1. The van der Waals surface area contributed by atoms with E-state index in [1.165, 1.54) is 0 Å². The molecule has 0 aliphatic carbocycles. The normalized spacial score (nSPS) is 10.4. The monoisotopic (exact) mass is 277 g/mol. The van der Waals surface area contributed by atoms with Crippen LogP contribution in [0.4, 0.5) is 0 Å². The summed E-state index contributed by atoms with van der Waals surface area (Å²) < 4.78 is 1.62. The van der Waals surface area contributed by atoms with Gasteiger partial charge in [-0.3, -0.25) is 14.6 Å². The molecular weight excluding hydrogens is 262 g/mol. The molecule has 0 unspecified atom stereocenters. The van der Waals surface area contributed by atoms with Gasteiger partial charge in [-0.1, -0.05) is 17.4 Å². The number of hydrogen-bond acceptors (Lipinski definition) is 4. The molecule has 0 saturated carbocycles. The van der Waals surface area contributed by atoms with Crippen molar-refractivity contribution in [3.05, 3.63) is 50.8 Å². The molecule has 6 heteroatoms. The van der Waals surface area contributed by atoms with Crippen LogP contribution >= 0.6 is 11.3 Å². The van der Waals surface area contributed by atoms with Crippen molar-refractivity contribution in [3.63, 3.8) is 0 Å². The molecule has 2 heterocycles. The lowest BCUT2D eigenvalue weighted by molar-refractivity contribution is -0.121. The third-order valence-corrected chi connectivity index (χ3v) is 3.61. The van der Waals surface area contributed by atoms with Crippen LogP contribution in [0.1, 0.15) is 17.8 Å². The van der Waals surface area contributed by atoms with E-state index >= 15 is 0 Å². The number of nitrogens with one attached hydrogen (secondary N) is 1. The zero-order valence-corrected chi connectivity index (χ0v) is 11.4. The van der Waals surface area contributed by atoms with Gasteiger partial charge in [-0.15, -0.1) is 0 Å². The molecule has 1 N–H and O–H groups in total. The van der Waals surface area contributed by atoms with Crippen molar-refractivity contribution in [2.75, 3.05) is 0 Å². The van der Waals surface area contributed by atoms with Crippen molar-refractivity contribution in [3.8, 4) is 0 Å². The second-order valence-corrected chi connectivity index (χ2v) is 4.96. The van der Waals surface area contributed by atoms with Crippen LogP contribution in [0.15, 0.2) is 34.6 Å². The second kappa shape index (κ2) is 6.29. The number of carbonyl (C=O) groups excluding carboxylic acids is 1. The van der Waals surface area contributed by atoms with Gasteiger partial charge < -0.3 is 9.88 Å². The van der Waals surface area contributed by atoms with E-state index in [2.05, 4.69) is 10.3 Å². The van der Waals surface area contributed by atoms with Gasteiger partial charge in [0, 0.05) is 30.2 Å². The first-order chi connectivity index (χ1) is 9.16. The Kier molecular flexibility index (Phi) is 4.46. The standard InChI is InChI=1S/C13H15N3O2S/c1-10-9-19-13(18)16(10)7-5-12(17)15-8-11-4-2-3-6-14-11/h2-4,6,9H,5,7-8H2,1H3,(H,15,17). The average Bonchev–Trinajstić information content (AvgIpc) is 2.75. The Bertz CT molecular complexity index is 604. The van der Waals surface area contributed by atoms with E-state index in [0.717, 1.165) is 22.7 Å². The summed E-state index contributed by atoms with van der Waals surface area (Å²) in [6, 6.07) is 5.56. The van der Waals surface area contributed by atoms with Gasteiger partial charge in [-0.05, 0) is 19.1 Å². The van der Waals surface area contributed by atoms with Crippen molar-refractivity contribution in [2.45, 2.75) is 26.4 Å². The summed E-state index contributed by atoms with van der Waals surface area (Å²) in [6.07, 6.45) is 1.99. The Balaban J connectivity index is 1.81. The van der Waals surface area contributed by atoms with Gasteiger partial charge in [0.15, 0.2) is 0 Å². The maximum absolute atomic E-state index is 11.7. The summed E-state index contributed by atoms with van der Waals surface area (Å²) >= 11 is 1.16. The number of amides is 1. The van der Waals surface area contributed by atoms with Crippen molar-refractivity contribution in [1.29, 1.82) is 0 Å². The van der Waals surface area contributed by atoms with Gasteiger partial charge in [0.1, 0.15) is 0 Å². The minimum atomic E-state index is -0.0804. The lowest BCUT2D eigenvalue weighted by atomic mass is 10.3. The summed E-state index contributed by atoms with van der Waals surface area (Å²) in [6.45, 7) is 2.70. The zero-order chi connectivity index (χ0) is 13.7. The third kappa shape index (κ3) is 3.75. The van der Waals surface area contributed by atoms with Gasteiger partial charge in [-0.2, -0.15) is 0 Å². The second-order valence-electron chi connectivity index (χ2n) is 4.14. The fourth-order valence-corrected chi connectivity index (χ4v) is 2.43. The van der Waals surface area contributed by atoms with E-state index in [-0.39, 0.29) is 10.8 Å². The molecule has 0 atom stereocenters. The summed E-state index contributed by atoms with van der Waals surface area (Å²) in [5.74, 6) is -0.0804. The van der Waals surface area contributed by atoms with Crippen LogP contribution in [0.2, 0.25) is 0 Å². The molecule has 0 saturated heterocycles. The fraction of sp³-hybridized carbons (Fsp3) is 0.308. The van der Waals surface area contributed by atoms with E-state index in [1.807, 2.05) is 25.1 Å². The summed E-state index contributed by atoms with van der Waals surface area (Å²) in [7, 11) is 0. The van der Waals surface area contributed by atoms with E-state index in [4.69, 9.17) is 0 Å². The Morgan fingerprint density at radius 3 is 2.95 bits per heavy atom. The molecule has 0 fully saturated rings. The summed E-state index contributed by atoms with van der Waals surface area (Å²) in [4.78, 5) is 27.3. The molecule has 2 rings (SSSR count). The van der Waals surface area contributed by atoms with E-state index in [0.29, 0.717) is 19.5 Å². The number of pyridine rings is 1. The first-order valence-electron chi connectivity index (χ1n) is 5.98. The first-order valence-corrected chi connectivity index (χ1v) is 6.86. The number of hydrogen-bond donors (Lipinski definition) is 1. The third-order valence-electron chi connectivity index (χ3n) is 2.73. The van der Waals surface area contributed by atoms with Gasteiger partial charge in [0.25, 0.3) is 0 Å². The number of nitrogens with zero attached hydrogens (tertiary/aromatic N) is 2. The highest BCUT2D eigenvalue weighted by Gasteiger charge is 2.06. The molecule has 0 aromatic carbocycles. The lowest BCUT2D eigenvalue weighted by Crippen LogP contribution is -2.26. The minimum Gasteiger partial charge on any atom is -0.350 e. The molecule has 2 aromatic rings. The highest BCUT2D eigenvalue weighted by Crippen LogP contribution is 2.01. The van der Waals surface area contributed by atoms with Crippen LogP contribution < -0.4 is 10.2 Å². The Hall–Kier alpha value is -1.95. The Morgan fingerprint density at radius 2 is 2.32 bits per heavy atom. The quantitative estimate of drug-likeness (QED) is 0.896. The van der Waals surface area contributed by atoms with Crippen LogP contribution in [0.3, 0.4) is 0 Å². The largest absolute Gasteiger partial charge is 0.350 e. The van der Waals surface area contributed by atoms with Crippen molar-refractivity contribution in [1.82, 2.24) is 14.9 Å². The topological polar surface area (TPSA) is 64.0 Å². The summed E-state index contributed by atoms with van der Waals surface area (Å²) in [5.41, 5.74) is 1.72. The fourth-order valence-electron chi connectivity index (χ4n) is 1.67. The molecule has 0 spiro atoms. The van der Waals surface area contributed by atoms with Gasteiger partial charge in [-0.25, -0.2) is 0 Å². The molecule has 0 aliphatic rings. The predicted octanol–water partition coefficient (Wildman–Crippen LogP) is 1.32. The highest BCUT2D eigenvalue weighted by molar-refractivity contribution is 7.07. The Labute approximate surface area is 114 Å². The number of carbonyl (C=O) groups is 1. The van der Waals surface area contributed by atoms with Crippen LogP contribution in [0, 0.1) is 6.92 Å². The van der Waals surface area contributed by atoms with Crippen LogP contribution in [-0.4, -0.2) is 15.5 Å². The lowest BCUT2D eigenvalue weighted by Gasteiger charge is -2.06. The van der Waals surface area contributed by atoms with E-state index in [9.17, 15) is 9.59 Å². The predicted molar refractivity (Wildman–Crippen MR) is 74.0 cm³/mol.